The van der Waals surface area contributed by atoms with Crippen molar-refractivity contribution < 1.29 is 23.1 Å². The number of rotatable bonds is 6. The summed E-state index contributed by atoms with van der Waals surface area (Å²) in [5.74, 6) is 0.663. The first kappa shape index (κ1) is 29.4. The molecule has 43 heavy (non-hydrogen) atoms. The number of piperidine rings is 1. The van der Waals surface area contributed by atoms with Gasteiger partial charge in [0.1, 0.15) is 11.4 Å². The standard InChI is InChI=1S/C31H36F3N7O2/c32-31(33,34)23-8-14-35-27(17-23)40-15-1-3-22(19-40)29(42)41-16-9-25(20-41)39-24-6-10-30(43,11-7-24)26-5-4-21(18-38-26)28-36-12-2-13-37-28/h2,4-5,8,12-14,17-18,22,24-25,39,43H,1,3,6-7,9-11,15-16,19-20H2/t22-,24?,25-,30?/m0/s1. The van der Waals surface area contributed by atoms with Crippen LogP contribution in [0.4, 0.5) is 19.0 Å². The second-order valence-electron chi connectivity index (χ2n) is 11.9. The van der Waals surface area contributed by atoms with Gasteiger partial charge in [0.05, 0.1) is 17.2 Å². The number of aliphatic hydroxyl groups is 1. The summed E-state index contributed by atoms with van der Waals surface area (Å²) < 4.78 is 39.6. The Bertz CT molecular complexity index is 1400. The topological polar surface area (TPSA) is 107 Å². The highest BCUT2D eigenvalue weighted by Crippen LogP contribution is 2.37. The summed E-state index contributed by atoms with van der Waals surface area (Å²) in [6.45, 7) is 2.23. The highest BCUT2D eigenvalue weighted by molar-refractivity contribution is 5.80. The highest BCUT2D eigenvalue weighted by Gasteiger charge is 2.39. The number of carbonyl (C=O) groups is 1. The van der Waals surface area contributed by atoms with Crippen LogP contribution in [0.3, 0.4) is 0 Å². The lowest BCUT2D eigenvalue weighted by Crippen LogP contribution is -2.47. The Morgan fingerprint density at radius 1 is 0.930 bits per heavy atom. The number of hydrogen-bond donors (Lipinski definition) is 2. The Balaban J connectivity index is 0.989. The van der Waals surface area contributed by atoms with Gasteiger partial charge in [-0.05, 0) is 75.3 Å². The molecule has 2 N–H and O–H groups in total. The predicted octanol–water partition coefficient (Wildman–Crippen LogP) is 4.19. The number of nitrogens with one attached hydrogen (secondary N) is 1. The van der Waals surface area contributed by atoms with E-state index in [2.05, 4.69) is 25.3 Å². The van der Waals surface area contributed by atoms with Crippen LogP contribution >= 0.6 is 0 Å². The number of aromatic nitrogens is 4. The summed E-state index contributed by atoms with van der Waals surface area (Å²) in [7, 11) is 0. The fourth-order valence-electron chi connectivity index (χ4n) is 6.61. The molecule has 3 fully saturated rings. The van der Waals surface area contributed by atoms with E-state index in [1.54, 1.807) is 29.6 Å². The van der Waals surface area contributed by atoms with Crippen LogP contribution in [0.5, 0.6) is 0 Å². The van der Waals surface area contributed by atoms with E-state index in [9.17, 15) is 23.1 Å². The summed E-state index contributed by atoms with van der Waals surface area (Å²) in [4.78, 5) is 34.3. The molecule has 0 spiro atoms. The number of pyridine rings is 2. The van der Waals surface area contributed by atoms with Crippen molar-refractivity contribution in [1.82, 2.24) is 30.2 Å². The molecule has 2 saturated heterocycles. The molecule has 3 aliphatic rings. The monoisotopic (exact) mass is 595 g/mol. The SMILES string of the molecule is O=C([C@H]1CCCN(c2cc(C(F)(F)F)ccn2)C1)N1CC[C@H](NC2CCC(O)(c3ccc(-c4ncccn4)cn3)CC2)C1. The van der Waals surface area contributed by atoms with Crippen LogP contribution in [0.25, 0.3) is 11.4 Å². The zero-order valence-corrected chi connectivity index (χ0v) is 23.9. The Morgan fingerprint density at radius 2 is 1.72 bits per heavy atom. The maximum atomic E-state index is 13.4. The molecule has 6 rings (SSSR count). The summed E-state index contributed by atoms with van der Waals surface area (Å²) in [5.41, 5.74) is -0.248. The molecule has 0 unspecified atom stereocenters. The second-order valence-corrected chi connectivity index (χ2v) is 11.9. The summed E-state index contributed by atoms with van der Waals surface area (Å²) in [5, 5.41) is 15.1. The minimum absolute atomic E-state index is 0.0643. The van der Waals surface area contributed by atoms with Crippen LogP contribution in [0.2, 0.25) is 0 Å². The van der Waals surface area contributed by atoms with Crippen molar-refractivity contribution in [3.05, 3.63) is 66.4 Å². The van der Waals surface area contributed by atoms with Crippen molar-refractivity contribution in [2.24, 2.45) is 5.92 Å². The Kier molecular flexibility index (Phi) is 8.32. The van der Waals surface area contributed by atoms with Gasteiger partial charge in [-0.25, -0.2) is 15.0 Å². The van der Waals surface area contributed by atoms with Crippen LogP contribution in [0.1, 0.15) is 56.2 Å². The number of anilines is 1. The van der Waals surface area contributed by atoms with Crippen LogP contribution in [-0.2, 0) is 16.6 Å². The average Bonchev–Trinajstić information content (AvgIpc) is 3.50. The Labute approximate surface area is 248 Å². The van der Waals surface area contributed by atoms with Crippen molar-refractivity contribution in [3.8, 4) is 11.4 Å². The number of halogens is 3. The quantitative estimate of drug-likeness (QED) is 0.437. The maximum absolute atomic E-state index is 13.4. The predicted molar refractivity (Wildman–Crippen MR) is 154 cm³/mol. The maximum Gasteiger partial charge on any atom is 0.416 e. The number of hydrogen-bond acceptors (Lipinski definition) is 8. The third-order valence-corrected chi connectivity index (χ3v) is 9.02. The fourth-order valence-corrected chi connectivity index (χ4v) is 6.61. The van der Waals surface area contributed by atoms with Crippen LogP contribution < -0.4 is 10.2 Å². The molecule has 2 atom stereocenters. The normalized spacial score (nSPS) is 26.5. The van der Waals surface area contributed by atoms with E-state index in [4.69, 9.17) is 0 Å². The lowest BCUT2D eigenvalue weighted by molar-refractivity contribution is -0.137. The van der Waals surface area contributed by atoms with Gasteiger partial charge in [-0.15, -0.1) is 0 Å². The largest absolute Gasteiger partial charge is 0.416 e. The van der Waals surface area contributed by atoms with Gasteiger partial charge >= 0.3 is 6.18 Å². The minimum Gasteiger partial charge on any atom is -0.384 e. The molecule has 3 aromatic heterocycles. The number of amides is 1. The Hall–Kier alpha value is -3.64. The van der Waals surface area contributed by atoms with E-state index in [0.29, 0.717) is 50.5 Å². The van der Waals surface area contributed by atoms with Crippen molar-refractivity contribution in [3.63, 3.8) is 0 Å². The first-order chi connectivity index (χ1) is 20.7. The molecule has 12 heteroatoms. The number of alkyl halides is 3. The van der Waals surface area contributed by atoms with Crippen LogP contribution in [0.15, 0.2) is 55.1 Å². The first-order valence-corrected chi connectivity index (χ1v) is 15.0. The van der Waals surface area contributed by atoms with E-state index in [1.807, 2.05) is 17.0 Å². The zero-order valence-electron chi connectivity index (χ0n) is 23.9. The summed E-state index contributed by atoms with van der Waals surface area (Å²) >= 11 is 0. The van der Waals surface area contributed by atoms with Crippen LogP contribution in [-0.4, -0.2) is 74.1 Å². The van der Waals surface area contributed by atoms with Gasteiger partial charge in [0.15, 0.2) is 5.82 Å². The molecule has 0 radical (unpaired) electrons. The molecule has 1 aliphatic carbocycles. The van der Waals surface area contributed by atoms with E-state index in [1.165, 1.54) is 6.20 Å². The Morgan fingerprint density at radius 3 is 2.44 bits per heavy atom. The van der Waals surface area contributed by atoms with Crippen molar-refractivity contribution >= 4 is 11.7 Å². The number of nitrogens with zero attached hydrogens (tertiary/aromatic N) is 6. The van der Waals surface area contributed by atoms with Crippen LogP contribution in [0, 0.1) is 5.92 Å². The molecular weight excluding hydrogens is 559 g/mol. The third kappa shape index (κ3) is 6.65. The second kappa shape index (κ2) is 12.2. The molecule has 228 valence electrons. The number of likely N-dealkylation sites (tertiary alicyclic amines) is 1. The molecule has 2 aliphatic heterocycles. The van der Waals surface area contributed by atoms with Gasteiger partial charge in [-0.3, -0.25) is 9.78 Å². The molecule has 1 amide bonds. The average molecular weight is 596 g/mol. The molecule has 5 heterocycles. The van der Waals surface area contributed by atoms with E-state index >= 15 is 0 Å². The van der Waals surface area contributed by atoms with Gasteiger partial charge in [-0.2, -0.15) is 13.2 Å². The van der Waals surface area contributed by atoms with E-state index < -0.39 is 17.3 Å². The minimum atomic E-state index is -4.43. The summed E-state index contributed by atoms with van der Waals surface area (Å²) in [6, 6.07) is 7.97. The highest BCUT2D eigenvalue weighted by atomic mass is 19.4. The molecule has 0 bridgehead atoms. The molecule has 9 nitrogen and oxygen atoms in total. The summed E-state index contributed by atoms with van der Waals surface area (Å²) in [6.07, 6.45) is 6.91. The smallest absolute Gasteiger partial charge is 0.384 e. The van der Waals surface area contributed by atoms with Gasteiger partial charge in [-0.1, -0.05) is 0 Å². The number of carbonyl (C=O) groups excluding carboxylic acids is 1. The molecule has 3 aromatic rings. The zero-order chi connectivity index (χ0) is 30.0. The van der Waals surface area contributed by atoms with Crippen molar-refractivity contribution in [2.45, 2.75) is 68.8 Å². The van der Waals surface area contributed by atoms with Gasteiger partial charge in [0, 0.05) is 68.6 Å². The first-order valence-electron chi connectivity index (χ1n) is 15.0. The molecular formula is C31H36F3N7O2. The molecule has 1 saturated carbocycles. The lowest BCUT2D eigenvalue weighted by atomic mass is 9.79. The molecule has 0 aromatic carbocycles. The fraction of sp³-hybridized carbons (Fsp3) is 0.516. The van der Waals surface area contributed by atoms with Gasteiger partial charge in [0.2, 0.25) is 5.91 Å². The van der Waals surface area contributed by atoms with Crippen molar-refractivity contribution in [2.75, 3.05) is 31.1 Å². The van der Waals surface area contributed by atoms with E-state index in [-0.39, 0.29) is 29.7 Å². The van der Waals surface area contributed by atoms with E-state index in [0.717, 1.165) is 49.8 Å². The van der Waals surface area contributed by atoms with Gasteiger partial charge < -0.3 is 20.2 Å². The van der Waals surface area contributed by atoms with Crippen molar-refractivity contribution in [1.29, 1.82) is 0 Å². The van der Waals surface area contributed by atoms with Gasteiger partial charge in [0.25, 0.3) is 0 Å². The lowest BCUT2D eigenvalue weighted by Gasteiger charge is -2.37. The third-order valence-electron chi connectivity index (χ3n) is 9.02.